The zero-order valence-corrected chi connectivity index (χ0v) is 20.6. The maximum Gasteiger partial charge on any atom is 0.513 e. The second kappa shape index (κ2) is 10.6. The molecule has 0 bridgehead atoms. The predicted molar refractivity (Wildman–Crippen MR) is 122 cm³/mol. The van der Waals surface area contributed by atoms with Crippen LogP contribution in [-0.2, 0) is 23.1 Å². The minimum Gasteiger partial charge on any atom is -0.394 e. The summed E-state index contributed by atoms with van der Waals surface area (Å²) in [5.41, 5.74) is -2.29. The molecule has 2 fully saturated rings. The molecule has 0 saturated carbocycles. The van der Waals surface area contributed by atoms with Gasteiger partial charge in [-0.25, -0.2) is 14.2 Å². The van der Waals surface area contributed by atoms with Crippen LogP contribution in [0.25, 0.3) is 0 Å². The number of aliphatic hydroxyl groups excluding tert-OH is 2. The highest BCUT2D eigenvalue weighted by atomic mass is 31.2. The van der Waals surface area contributed by atoms with Crippen molar-refractivity contribution in [2.24, 2.45) is 0 Å². The quantitative estimate of drug-likeness (QED) is 0.298. The monoisotopic (exact) mass is 548 g/mol. The highest BCUT2D eigenvalue weighted by molar-refractivity contribution is 7.48. The minimum absolute atomic E-state index is 0.0884. The molecule has 0 aliphatic carbocycles. The van der Waals surface area contributed by atoms with E-state index in [1.807, 2.05) is 0 Å². The fourth-order valence-corrected chi connectivity index (χ4v) is 5.07. The summed E-state index contributed by atoms with van der Waals surface area (Å²) in [6.45, 7) is 1.58. The Hall–Kier alpha value is -2.72. The Morgan fingerprint density at radius 1 is 1.00 bits per heavy atom. The Kier molecular flexibility index (Phi) is 7.80. The summed E-state index contributed by atoms with van der Waals surface area (Å²) in [5, 5.41) is 19.9. The third-order valence-electron chi connectivity index (χ3n) is 6.13. The Balaban J connectivity index is 1.39. The van der Waals surface area contributed by atoms with Gasteiger partial charge in [-0.05, 0) is 13.8 Å². The van der Waals surface area contributed by atoms with E-state index in [0.29, 0.717) is 0 Å². The van der Waals surface area contributed by atoms with Gasteiger partial charge in [0.2, 0.25) is 0 Å². The van der Waals surface area contributed by atoms with Crippen molar-refractivity contribution in [2.75, 3.05) is 13.2 Å². The van der Waals surface area contributed by atoms with E-state index in [1.54, 1.807) is 0 Å². The first kappa shape index (κ1) is 27.3. The van der Waals surface area contributed by atoms with Crippen LogP contribution in [0.3, 0.4) is 0 Å². The van der Waals surface area contributed by atoms with Gasteiger partial charge < -0.3 is 19.7 Å². The number of hydrogen-bond donors (Lipinski definition) is 4. The molecule has 37 heavy (non-hydrogen) atoms. The van der Waals surface area contributed by atoms with Gasteiger partial charge in [0.15, 0.2) is 0 Å². The molecule has 0 radical (unpaired) electrons. The zero-order chi connectivity index (χ0) is 27.1. The Labute approximate surface area is 207 Å². The standard InChI is InChI=1S/C20H26FN4O11P/c1-9-5-24(19(30)22-17(9)28)15-3-11(27)14(35-15)8-33-37(21,32)36-12-4-16(34-13(12)7-26)25-6-10(2)18(29)23-20(25)31/h5-6,11-16,26-27H,3-4,7-8H2,1-2H3,(H,22,28,30)(H,23,29,31)/t11-,12-,13+,14+,15+,16+,37?/m0/s1. The van der Waals surface area contributed by atoms with E-state index >= 15 is 0 Å². The summed E-state index contributed by atoms with van der Waals surface area (Å²) in [6, 6.07) is 0. The molecular formula is C20H26FN4O11P. The van der Waals surface area contributed by atoms with Gasteiger partial charge in [-0.15, -0.1) is 4.20 Å². The van der Waals surface area contributed by atoms with Crippen molar-refractivity contribution in [1.29, 1.82) is 0 Å². The summed E-state index contributed by atoms with van der Waals surface area (Å²) in [7, 11) is -5.28. The van der Waals surface area contributed by atoms with Crippen molar-refractivity contribution in [3.63, 3.8) is 0 Å². The van der Waals surface area contributed by atoms with Crippen LogP contribution in [0.1, 0.15) is 36.4 Å². The molecule has 204 valence electrons. The van der Waals surface area contributed by atoms with Crippen molar-refractivity contribution >= 4 is 7.91 Å². The third kappa shape index (κ3) is 5.90. The molecule has 2 aliphatic rings. The zero-order valence-electron chi connectivity index (χ0n) is 19.7. The Morgan fingerprint density at radius 3 is 2.05 bits per heavy atom. The van der Waals surface area contributed by atoms with Crippen LogP contribution in [0.2, 0.25) is 0 Å². The Bertz CT molecular complexity index is 1430. The largest absolute Gasteiger partial charge is 0.513 e. The first-order valence-corrected chi connectivity index (χ1v) is 12.7. The summed E-state index contributed by atoms with van der Waals surface area (Å²) < 4.78 is 50.1. The number of aliphatic hydroxyl groups is 2. The molecule has 2 aromatic rings. The molecule has 4 N–H and O–H groups in total. The van der Waals surface area contributed by atoms with E-state index in [-0.39, 0.29) is 24.0 Å². The van der Waals surface area contributed by atoms with Crippen LogP contribution in [0, 0.1) is 13.8 Å². The van der Waals surface area contributed by atoms with Gasteiger partial charge in [0.05, 0.1) is 19.3 Å². The normalized spacial score (nSPS) is 29.4. The van der Waals surface area contributed by atoms with Crippen molar-refractivity contribution in [1.82, 2.24) is 19.1 Å². The predicted octanol–water partition coefficient (Wildman–Crippen LogP) is -0.889. The summed E-state index contributed by atoms with van der Waals surface area (Å²) >= 11 is 0. The Morgan fingerprint density at radius 2 is 1.51 bits per heavy atom. The number of aromatic nitrogens is 4. The van der Waals surface area contributed by atoms with Gasteiger partial charge in [-0.1, -0.05) is 0 Å². The average Bonchev–Trinajstić information content (AvgIpc) is 3.39. The van der Waals surface area contributed by atoms with E-state index in [0.717, 1.165) is 9.13 Å². The highest BCUT2D eigenvalue weighted by Crippen LogP contribution is 2.54. The minimum atomic E-state index is -5.28. The molecule has 0 spiro atoms. The number of halogens is 1. The van der Waals surface area contributed by atoms with Crippen molar-refractivity contribution in [3.8, 4) is 0 Å². The van der Waals surface area contributed by atoms with Gasteiger partial charge >= 0.3 is 19.3 Å². The average molecular weight is 548 g/mol. The van der Waals surface area contributed by atoms with Crippen LogP contribution in [0.15, 0.2) is 31.6 Å². The number of H-pyrrole nitrogens is 2. The highest BCUT2D eigenvalue weighted by Gasteiger charge is 2.44. The van der Waals surface area contributed by atoms with Gasteiger partial charge in [0.25, 0.3) is 11.1 Å². The smallest absolute Gasteiger partial charge is 0.394 e. The lowest BCUT2D eigenvalue weighted by Crippen LogP contribution is -2.33. The number of nitrogens with one attached hydrogen (secondary N) is 2. The van der Waals surface area contributed by atoms with Crippen LogP contribution in [0.4, 0.5) is 4.20 Å². The third-order valence-corrected chi connectivity index (χ3v) is 7.11. The molecule has 17 heteroatoms. The molecule has 4 rings (SSSR count). The van der Waals surface area contributed by atoms with E-state index < -0.39 is 80.5 Å². The lowest BCUT2D eigenvalue weighted by Gasteiger charge is -2.20. The topological polar surface area (TPSA) is 204 Å². The first-order chi connectivity index (χ1) is 17.4. The van der Waals surface area contributed by atoms with Crippen LogP contribution in [-0.4, -0.2) is 66.9 Å². The lowest BCUT2D eigenvalue weighted by molar-refractivity contribution is -0.0553. The first-order valence-electron chi connectivity index (χ1n) is 11.2. The molecule has 2 aromatic heterocycles. The van der Waals surface area contributed by atoms with E-state index in [1.165, 1.54) is 26.2 Å². The van der Waals surface area contributed by atoms with E-state index in [9.17, 15) is 38.2 Å². The lowest BCUT2D eigenvalue weighted by atomic mass is 10.2. The molecular weight excluding hydrogens is 522 g/mol. The van der Waals surface area contributed by atoms with Crippen molar-refractivity contribution < 1.29 is 37.5 Å². The number of rotatable bonds is 8. The van der Waals surface area contributed by atoms with Gasteiger partial charge in [-0.3, -0.25) is 37.7 Å². The summed E-state index contributed by atoms with van der Waals surface area (Å²) in [4.78, 5) is 51.6. The molecule has 4 heterocycles. The second-order valence-corrected chi connectivity index (χ2v) is 10.1. The van der Waals surface area contributed by atoms with Crippen molar-refractivity contribution in [3.05, 3.63) is 65.2 Å². The molecule has 2 saturated heterocycles. The van der Waals surface area contributed by atoms with Gasteiger partial charge in [0, 0.05) is 36.4 Å². The molecule has 0 amide bonds. The second-order valence-electron chi connectivity index (χ2n) is 8.81. The van der Waals surface area contributed by atoms with Crippen molar-refractivity contribution in [2.45, 2.75) is 63.6 Å². The van der Waals surface area contributed by atoms with Gasteiger partial charge in [-0.2, -0.15) is 0 Å². The number of aromatic amines is 2. The fourth-order valence-electron chi connectivity index (χ4n) is 4.14. The van der Waals surface area contributed by atoms with E-state index in [2.05, 4.69) is 9.97 Å². The molecule has 7 atom stereocenters. The molecule has 2 aliphatic heterocycles. The van der Waals surface area contributed by atoms with Crippen LogP contribution < -0.4 is 22.5 Å². The number of nitrogens with zero attached hydrogens (tertiary/aromatic N) is 2. The molecule has 1 unspecified atom stereocenters. The number of ether oxygens (including phenoxy) is 2. The molecule has 15 nitrogen and oxygen atoms in total. The molecule has 0 aromatic carbocycles. The maximum absolute atomic E-state index is 14.8. The van der Waals surface area contributed by atoms with E-state index in [4.69, 9.17) is 18.5 Å². The fraction of sp³-hybridized carbons (Fsp3) is 0.600. The summed E-state index contributed by atoms with van der Waals surface area (Å²) in [5.74, 6) is 0. The van der Waals surface area contributed by atoms with Crippen LogP contribution in [0.5, 0.6) is 0 Å². The number of hydrogen-bond acceptors (Lipinski definition) is 11. The number of aryl methyl sites for hydroxylation is 2. The summed E-state index contributed by atoms with van der Waals surface area (Å²) in [6.07, 6.45) is -4.69. The van der Waals surface area contributed by atoms with Gasteiger partial charge in [0.1, 0.15) is 30.8 Å². The SMILES string of the molecule is Cc1cn([C@H]2C[C@H](OP(=O)(F)OC[C@H]3O[C@@H](n4cc(C)c(=O)[nH]c4=O)C[C@@H]3O)[C@@H](CO)O2)c(=O)[nH]c1=O. The maximum atomic E-state index is 14.8. The van der Waals surface area contributed by atoms with Crippen LogP contribution >= 0.6 is 7.91 Å².